The lowest BCUT2D eigenvalue weighted by Crippen LogP contribution is -2.37. The Labute approximate surface area is 125 Å². The molecule has 0 spiro atoms. The molecule has 0 unspecified atom stereocenters. The van der Waals surface area contributed by atoms with Crippen molar-refractivity contribution in [2.45, 2.75) is 30.8 Å². The molecule has 3 N–H and O–H groups in total. The summed E-state index contributed by atoms with van der Waals surface area (Å²) in [6.07, 6.45) is 2.41. The number of thioether (sulfide) groups is 1. The van der Waals surface area contributed by atoms with E-state index in [1.54, 1.807) is 18.9 Å². The minimum absolute atomic E-state index is 0.158. The van der Waals surface area contributed by atoms with Crippen molar-refractivity contribution in [2.75, 3.05) is 30.9 Å². The molecule has 1 saturated heterocycles. The highest BCUT2D eigenvalue weighted by molar-refractivity contribution is 7.99. The van der Waals surface area contributed by atoms with Gasteiger partial charge in [-0.15, -0.1) is 11.8 Å². The Hall–Kier alpha value is -1.20. The van der Waals surface area contributed by atoms with Crippen LogP contribution in [-0.2, 0) is 4.74 Å². The van der Waals surface area contributed by atoms with Crippen LogP contribution in [0.25, 0.3) is 0 Å². The van der Waals surface area contributed by atoms with Crippen molar-refractivity contribution in [3.05, 3.63) is 23.8 Å². The number of rotatable bonds is 5. The summed E-state index contributed by atoms with van der Waals surface area (Å²) in [4.78, 5) is 3.43. The third kappa shape index (κ3) is 3.27. The van der Waals surface area contributed by atoms with E-state index in [1.807, 2.05) is 0 Å². The van der Waals surface area contributed by atoms with E-state index >= 15 is 0 Å². The van der Waals surface area contributed by atoms with Crippen LogP contribution >= 0.6 is 11.8 Å². The van der Waals surface area contributed by atoms with Crippen molar-refractivity contribution in [2.24, 2.45) is 5.73 Å². The van der Waals surface area contributed by atoms with Gasteiger partial charge >= 0.3 is 0 Å². The molecule has 0 aromatic heterocycles. The first-order valence-corrected chi connectivity index (χ1v) is 8.03. The van der Waals surface area contributed by atoms with Crippen molar-refractivity contribution in [3.8, 4) is 0 Å². The van der Waals surface area contributed by atoms with Crippen LogP contribution in [0.3, 0.4) is 0 Å². The Bertz CT molecular complexity index is 470. The molecule has 0 atom stereocenters. The molecule has 1 fully saturated rings. The number of benzene rings is 1. The monoisotopic (exact) mass is 293 g/mol. The zero-order valence-corrected chi connectivity index (χ0v) is 13.0. The standard InChI is InChI=1S/C15H23N3OS/c1-3-20-13-6-4-5-12(14(13)15(16)17)18-9-7-11(19-2)8-10-18/h4-6,11H,3,7-10H2,1-2H3,(H3,16,17). The Kier molecular flexibility index (Phi) is 5.31. The molecule has 1 aliphatic rings. The lowest BCUT2D eigenvalue weighted by Gasteiger charge is -2.34. The highest BCUT2D eigenvalue weighted by Crippen LogP contribution is 2.32. The molecule has 1 heterocycles. The lowest BCUT2D eigenvalue weighted by molar-refractivity contribution is 0.0819. The fourth-order valence-corrected chi connectivity index (χ4v) is 3.51. The third-order valence-corrected chi connectivity index (χ3v) is 4.63. The van der Waals surface area contributed by atoms with E-state index in [9.17, 15) is 0 Å². The van der Waals surface area contributed by atoms with Gasteiger partial charge in [-0.25, -0.2) is 0 Å². The van der Waals surface area contributed by atoms with Crippen LogP contribution in [-0.4, -0.2) is 37.9 Å². The van der Waals surface area contributed by atoms with Crippen molar-refractivity contribution in [1.82, 2.24) is 0 Å². The average Bonchev–Trinajstić information content (AvgIpc) is 2.47. The number of nitrogen functional groups attached to an aromatic ring is 1. The van der Waals surface area contributed by atoms with Crippen LogP contribution in [0.5, 0.6) is 0 Å². The summed E-state index contributed by atoms with van der Waals surface area (Å²) in [5.74, 6) is 1.14. The van der Waals surface area contributed by atoms with Gasteiger partial charge in [0.1, 0.15) is 5.84 Å². The number of nitrogens with zero attached hydrogens (tertiary/aromatic N) is 1. The molecule has 1 aromatic carbocycles. The van der Waals surface area contributed by atoms with Gasteiger partial charge in [-0.3, -0.25) is 5.41 Å². The predicted molar refractivity (Wildman–Crippen MR) is 86.1 cm³/mol. The van der Waals surface area contributed by atoms with Gasteiger partial charge in [-0.05, 0) is 30.7 Å². The largest absolute Gasteiger partial charge is 0.384 e. The number of amidine groups is 1. The summed E-state index contributed by atoms with van der Waals surface area (Å²) in [7, 11) is 1.78. The Morgan fingerprint density at radius 3 is 2.70 bits per heavy atom. The second-order valence-electron chi connectivity index (χ2n) is 4.92. The first-order valence-electron chi connectivity index (χ1n) is 7.05. The van der Waals surface area contributed by atoms with E-state index in [-0.39, 0.29) is 5.84 Å². The molecule has 0 aliphatic carbocycles. The smallest absolute Gasteiger partial charge is 0.126 e. The van der Waals surface area contributed by atoms with Gasteiger partial charge in [-0.2, -0.15) is 0 Å². The topological polar surface area (TPSA) is 62.3 Å². The fraction of sp³-hybridized carbons (Fsp3) is 0.533. The number of methoxy groups -OCH3 is 1. The number of anilines is 1. The van der Waals surface area contributed by atoms with E-state index in [0.29, 0.717) is 6.10 Å². The number of nitrogens with one attached hydrogen (secondary N) is 1. The quantitative estimate of drug-likeness (QED) is 0.498. The molecule has 0 saturated carbocycles. The second kappa shape index (κ2) is 6.99. The second-order valence-corrected chi connectivity index (χ2v) is 6.22. The van der Waals surface area contributed by atoms with Gasteiger partial charge in [0.2, 0.25) is 0 Å². The van der Waals surface area contributed by atoms with Crippen LogP contribution < -0.4 is 10.6 Å². The molecule has 2 rings (SSSR count). The molecule has 110 valence electrons. The molecule has 1 aliphatic heterocycles. The van der Waals surface area contributed by atoms with Crippen molar-refractivity contribution < 1.29 is 4.74 Å². The average molecular weight is 293 g/mol. The minimum Gasteiger partial charge on any atom is -0.384 e. The molecule has 1 aromatic rings. The third-order valence-electron chi connectivity index (χ3n) is 3.69. The molecule has 4 nitrogen and oxygen atoms in total. The zero-order chi connectivity index (χ0) is 14.5. The van der Waals surface area contributed by atoms with Crippen molar-refractivity contribution >= 4 is 23.3 Å². The van der Waals surface area contributed by atoms with E-state index in [4.69, 9.17) is 15.9 Å². The summed E-state index contributed by atoms with van der Waals surface area (Å²) in [5, 5.41) is 7.90. The Morgan fingerprint density at radius 1 is 1.45 bits per heavy atom. The zero-order valence-electron chi connectivity index (χ0n) is 12.2. The fourth-order valence-electron chi connectivity index (χ4n) is 2.66. The maximum absolute atomic E-state index is 7.90. The van der Waals surface area contributed by atoms with E-state index < -0.39 is 0 Å². The molecule has 0 radical (unpaired) electrons. The van der Waals surface area contributed by atoms with Gasteiger partial charge < -0.3 is 15.4 Å². The maximum atomic E-state index is 7.90. The highest BCUT2D eigenvalue weighted by atomic mass is 32.2. The predicted octanol–water partition coefficient (Wildman–Crippen LogP) is 2.70. The summed E-state index contributed by atoms with van der Waals surface area (Å²) in [5.41, 5.74) is 7.80. The van der Waals surface area contributed by atoms with Gasteiger partial charge in [-0.1, -0.05) is 13.0 Å². The first kappa shape index (κ1) is 15.2. The SMILES string of the molecule is CCSc1cccc(N2CCC(OC)CC2)c1C(=N)N. The normalized spacial score (nSPS) is 16.4. The number of hydrogen-bond donors (Lipinski definition) is 2. The van der Waals surface area contributed by atoms with Gasteiger partial charge in [0.15, 0.2) is 0 Å². The number of piperidine rings is 1. The van der Waals surface area contributed by atoms with Crippen LogP contribution in [0.4, 0.5) is 5.69 Å². The summed E-state index contributed by atoms with van der Waals surface area (Å²) in [6.45, 7) is 4.03. The Morgan fingerprint density at radius 2 is 2.15 bits per heavy atom. The molecule has 0 bridgehead atoms. The van der Waals surface area contributed by atoms with Crippen molar-refractivity contribution in [1.29, 1.82) is 5.41 Å². The number of hydrogen-bond acceptors (Lipinski definition) is 4. The molecule has 0 amide bonds. The van der Waals surface area contributed by atoms with Gasteiger partial charge in [0.25, 0.3) is 0 Å². The van der Waals surface area contributed by atoms with Crippen LogP contribution in [0, 0.1) is 5.41 Å². The van der Waals surface area contributed by atoms with Crippen molar-refractivity contribution in [3.63, 3.8) is 0 Å². The van der Waals surface area contributed by atoms with Gasteiger partial charge in [0, 0.05) is 30.8 Å². The Balaban J connectivity index is 2.27. The number of ether oxygens (including phenoxy) is 1. The van der Waals surface area contributed by atoms with E-state index in [0.717, 1.165) is 47.8 Å². The molecular weight excluding hydrogens is 270 g/mol. The van der Waals surface area contributed by atoms with Crippen LogP contribution in [0.15, 0.2) is 23.1 Å². The summed E-state index contributed by atoms with van der Waals surface area (Å²) < 4.78 is 5.42. The highest BCUT2D eigenvalue weighted by Gasteiger charge is 2.22. The minimum atomic E-state index is 0.158. The molecule has 20 heavy (non-hydrogen) atoms. The van der Waals surface area contributed by atoms with Crippen LogP contribution in [0.1, 0.15) is 25.3 Å². The molecular formula is C15H23N3OS. The van der Waals surface area contributed by atoms with Gasteiger partial charge in [0.05, 0.1) is 11.7 Å². The van der Waals surface area contributed by atoms with E-state index in [1.165, 1.54) is 0 Å². The maximum Gasteiger partial charge on any atom is 0.126 e. The van der Waals surface area contributed by atoms with Crippen LogP contribution in [0.2, 0.25) is 0 Å². The number of nitrogens with two attached hydrogens (primary N) is 1. The summed E-state index contributed by atoms with van der Waals surface area (Å²) >= 11 is 1.74. The first-order chi connectivity index (χ1) is 9.67. The lowest BCUT2D eigenvalue weighted by atomic mass is 10.0. The summed E-state index contributed by atoms with van der Waals surface area (Å²) in [6, 6.07) is 6.18. The van der Waals surface area contributed by atoms with E-state index in [2.05, 4.69) is 30.0 Å². The molecule has 5 heteroatoms.